The van der Waals surface area contributed by atoms with Gasteiger partial charge in [0.05, 0.1) is 17.8 Å². The minimum atomic E-state index is -1.23. The van der Waals surface area contributed by atoms with Crippen molar-refractivity contribution in [1.82, 2.24) is 0 Å². The van der Waals surface area contributed by atoms with Crippen LogP contribution in [0.15, 0.2) is 71.9 Å². The lowest BCUT2D eigenvalue weighted by Crippen LogP contribution is -2.40. The van der Waals surface area contributed by atoms with Crippen LogP contribution >= 0.6 is 0 Å². The lowest BCUT2D eigenvalue weighted by molar-refractivity contribution is -0.136. The normalized spacial score (nSPS) is 21.5. The third kappa shape index (κ3) is 2.51. The zero-order chi connectivity index (χ0) is 19.3. The molecule has 1 saturated heterocycles. The van der Waals surface area contributed by atoms with Crippen LogP contribution in [0.4, 0.5) is 5.69 Å². The van der Waals surface area contributed by atoms with Gasteiger partial charge >= 0.3 is 0 Å². The van der Waals surface area contributed by atoms with E-state index in [-0.39, 0.29) is 18.2 Å². The fourth-order valence-corrected chi connectivity index (χ4v) is 3.88. The van der Waals surface area contributed by atoms with Crippen molar-refractivity contribution in [2.24, 2.45) is 5.16 Å². The summed E-state index contributed by atoms with van der Waals surface area (Å²) in [5.74, 6) is -0.612. The summed E-state index contributed by atoms with van der Waals surface area (Å²) in [7, 11) is 0. The van der Waals surface area contributed by atoms with Crippen LogP contribution in [0.1, 0.15) is 24.0 Å². The van der Waals surface area contributed by atoms with Crippen LogP contribution in [0.25, 0.3) is 10.8 Å². The minimum Gasteiger partial charge on any atom is -0.378 e. The molecule has 0 N–H and O–H groups in total. The monoisotopic (exact) mass is 370 g/mol. The Bertz CT molecular complexity index is 1150. The Morgan fingerprint density at radius 1 is 0.929 bits per heavy atom. The molecule has 2 aliphatic rings. The predicted molar refractivity (Wildman–Crippen MR) is 107 cm³/mol. The van der Waals surface area contributed by atoms with Crippen molar-refractivity contribution >= 4 is 34.0 Å². The van der Waals surface area contributed by atoms with Crippen molar-refractivity contribution < 1.29 is 14.4 Å². The zero-order valence-corrected chi connectivity index (χ0v) is 15.4. The highest BCUT2D eigenvalue weighted by Gasteiger charge is 2.58. The summed E-state index contributed by atoms with van der Waals surface area (Å²) in [6, 6.07) is 21.3. The van der Waals surface area contributed by atoms with E-state index in [2.05, 4.69) is 5.16 Å². The van der Waals surface area contributed by atoms with Gasteiger partial charge in [-0.2, -0.15) is 0 Å². The number of carbonyl (C=O) groups is 2. The first-order chi connectivity index (χ1) is 13.6. The molecule has 1 fully saturated rings. The Kier molecular flexibility index (Phi) is 3.59. The summed E-state index contributed by atoms with van der Waals surface area (Å²) in [4.78, 5) is 32.8. The number of carbonyl (C=O) groups excluding carboxylic acids is 2. The summed E-state index contributed by atoms with van der Waals surface area (Å²) in [5, 5.41) is 6.19. The highest BCUT2D eigenvalue weighted by atomic mass is 16.7. The van der Waals surface area contributed by atoms with Gasteiger partial charge in [0, 0.05) is 6.42 Å². The van der Waals surface area contributed by atoms with Gasteiger partial charge < -0.3 is 4.84 Å². The molecule has 5 rings (SSSR count). The second-order valence-electron chi connectivity index (χ2n) is 7.41. The highest BCUT2D eigenvalue weighted by Crippen LogP contribution is 2.39. The number of nitrogens with zero attached hydrogens (tertiary/aromatic N) is 2. The molecule has 28 heavy (non-hydrogen) atoms. The van der Waals surface area contributed by atoms with Gasteiger partial charge in [0.1, 0.15) is 0 Å². The molecule has 0 aromatic heterocycles. The maximum atomic E-state index is 13.2. The van der Waals surface area contributed by atoms with E-state index in [0.29, 0.717) is 17.8 Å². The Balaban J connectivity index is 1.45. The maximum absolute atomic E-state index is 13.2. The number of hydrogen-bond donors (Lipinski definition) is 0. The van der Waals surface area contributed by atoms with Gasteiger partial charge in [-0.15, -0.1) is 0 Å². The summed E-state index contributed by atoms with van der Waals surface area (Å²) in [5.41, 5.74) is 2.09. The second kappa shape index (κ2) is 6.02. The zero-order valence-electron chi connectivity index (χ0n) is 15.4. The largest absolute Gasteiger partial charge is 0.378 e. The lowest BCUT2D eigenvalue weighted by Gasteiger charge is -2.19. The first-order valence-corrected chi connectivity index (χ1v) is 9.24. The SMILES string of the molecule is Cc1ccc(C2=NO[C@]3(CC(=O)N(c4ccc5ccccc5c4)C3=O)C2)cc1. The third-order valence-corrected chi connectivity index (χ3v) is 5.44. The first-order valence-electron chi connectivity index (χ1n) is 9.24. The molecule has 5 nitrogen and oxygen atoms in total. The number of imide groups is 1. The van der Waals surface area contributed by atoms with Crippen molar-refractivity contribution in [1.29, 1.82) is 0 Å². The Labute approximate surface area is 162 Å². The number of oxime groups is 1. The topological polar surface area (TPSA) is 59.0 Å². The molecule has 1 spiro atoms. The van der Waals surface area contributed by atoms with E-state index in [1.165, 1.54) is 4.90 Å². The van der Waals surface area contributed by atoms with Gasteiger partial charge in [-0.3, -0.25) is 9.59 Å². The third-order valence-electron chi connectivity index (χ3n) is 5.44. The first kappa shape index (κ1) is 16.7. The molecule has 2 heterocycles. The summed E-state index contributed by atoms with van der Waals surface area (Å²) >= 11 is 0. The minimum absolute atomic E-state index is 0.00246. The van der Waals surface area contributed by atoms with Crippen LogP contribution < -0.4 is 4.90 Å². The maximum Gasteiger partial charge on any atom is 0.281 e. The van der Waals surface area contributed by atoms with E-state index >= 15 is 0 Å². The molecule has 0 bridgehead atoms. The summed E-state index contributed by atoms with van der Waals surface area (Å²) in [6.07, 6.45) is 0.294. The van der Waals surface area contributed by atoms with Crippen molar-refractivity contribution in [2.75, 3.05) is 4.90 Å². The number of benzene rings is 3. The molecule has 3 aromatic rings. The second-order valence-corrected chi connectivity index (χ2v) is 7.41. The average Bonchev–Trinajstić information content (AvgIpc) is 3.23. The molecule has 0 aliphatic carbocycles. The van der Waals surface area contributed by atoms with Crippen LogP contribution in [0, 0.1) is 6.92 Å². The number of anilines is 1. The van der Waals surface area contributed by atoms with Crippen molar-refractivity contribution in [2.45, 2.75) is 25.4 Å². The van der Waals surface area contributed by atoms with Crippen molar-refractivity contribution in [3.63, 3.8) is 0 Å². The predicted octanol–water partition coefficient (Wildman–Crippen LogP) is 3.97. The van der Waals surface area contributed by atoms with Crippen molar-refractivity contribution in [3.05, 3.63) is 77.9 Å². The van der Waals surface area contributed by atoms with Crippen LogP contribution in [-0.4, -0.2) is 23.1 Å². The van der Waals surface area contributed by atoms with E-state index in [1.54, 1.807) is 6.07 Å². The molecule has 138 valence electrons. The number of hydrogen-bond acceptors (Lipinski definition) is 4. The smallest absolute Gasteiger partial charge is 0.281 e. The molecule has 0 unspecified atom stereocenters. The molecular formula is C23H18N2O3. The molecule has 2 amide bonds. The number of fused-ring (bicyclic) bond motifs is 1. The van der Waals surface area contributed by atoms with Crippen LogP contribution in [0.2, 0.25) is 0 Å². The molecule has 3 aromatic carbocycles. The van der Waals surface area contributed by atoms with E-state index in [4.69, 9.17) is 4.84 Å². The molecule has 1 atom stereocenters. The van der Waals surface area contributed by atoms with E-state index in [0.717, 1.165) is 21.9 Å². The van der Waals surface area contributed by atoms with Gasteiger partial charge in [-0.05, 0) is 35.4 Å². The fraction of sp³-hybridized carbons (Fsp3) is 0.174. The van der Waals surface area contributed by atoms with Crippen molar-refractivity contribution in [3.8, 4) is 0 Å². The Hall–Kier alpha value is -3.47. The van der Waals surface area contributed by atoms with Gasteiger partial charge in [0.25, 0.3) is 5.91 Å². The molecule has 0 saturated carbocycles. The standard InChI is InChI=1S/C23H18N2O3/c1-15-6-8-17(9-7-15)20-13-23(28-24-20)14-21(26)25(22(23)27)19-11-10-16-4-2-3-5-18(16)12-19/h2-12H,13-14H2,1H3/t23-/m0/s1. The molecule has 5 heteroatoms. The van der Waals surface area contributed by atoms with Gasteiger partial charge in [-0.25, -0.2) is 4.90 Å². The van der Waals surface area contributed by atoms with E-state index < -0.39 is 5.60 Å². The molecule has 2 aliphatic heterocycles. The van der Waals surface area contributed by atoms with Gasteiger partial charge in [-0.1, -0.05) is 65.3 Å². The lowest BCUT2D eigenvalue weighted by atomic mass is 9.92. The molecular weight excluding hydrogens is 352 g/mol. The Morgan fingerprint density at radius 3 is 2.46 bits per heavy atom. The van der Waals surface area contributed by atoms with Gasteiger partial charge in [0.2, 0.25) is 11.5 Å². The van der Waals surface area contributed by atoms with Crippen LogP contribution in [-0.2, 0) is 14.4 Å². The Morgan fingerprint density at radius 2 is 1.68 bits per heavy atom. The fourth-order valence-electron chi connectivity index (χ4n) is 3.88. The van der Waals surface area contributed by atoms with Gasteiger partial charge in [0.15, 0.2) is 0 Å². The summed E-state index contributed by atoms with van der Waals surface area (Å²) in [6.45, 7) is 2.01. The van der Waals surface area contributed by atoms with Crippen LogP contribution in [0.5, 0.6) is 0 Å². The van der Waals surface area contributed by atoms with Crippen LogP contribution in [0.3, 0.4) is 0 Å². The summed E-state index contributed by atoms with van der Waals surface area (Å²) < 4.78 is 0. The average molecular weight is 370 g/mol. The number of aryl methyl sites for hydroxylation is 1. The van der Waals surface area contributed by atoms with E-state index in [1.807, 2.05) is 67.6 Å². The molecule has 0 radical (unpaired) electrons. The van der Waals surface area contributed by atoms with E-state index in [9.17, 15) is 9.59 Å². The quantitative estimate of drug-likeness (QED) is 0.641. The number of amides is 2. The number of rotatable bonds is 2. The highest BCUT2D eigenvalue weighted by molar-refractivity contribution is 6.26.